The summed E-state index contributed by atoms with van der Waals surface area (Å²) >= 11 is 3.34. The van der Waals surface area contributed by atoms with Crippen LogP contribution in [0.2, 0.25) is 0 Å². The van der Waals surface area contributed by atoms with Gasteiger partial charge in [-0.15, -0.1) is 0 Å². The third kappa shape index (κ3) is 2.06. The lowest BCUT2D eigenvalue weighted by atomic mass is 9.76. The van der Waals surface area contributed by atoms with Crippen molar-refractivity contribution in [3.63, 3.8) is 0 Å². The van der Waals surface area contributed by atoms with Crippen molar-refractivity contribution in [1.82, 2.24) is 0 Å². The first-order valence-electron chi connectivity index (χ1n) is 4.95. The predicted octanol–water partition coefficient (Wildman–Crippen LogP) is 2.89. The molecule has 1 heterocycles. The highest BCUT2D eigenvalue weighted by molar-refractivity contribution is 9.09. The van der Waals surface area contributed by atoms with Crippen LogP contribution in [0.4, 0.5) is 0 Å². The SMILES string of the molecule is CCC1(CC)CC[C@H](CBr)OC1=O. The van der Waals surface area contributed by atoms with E-state index in [1.807, 2.05) is 0 Å². The van der Waals surface area contributed by atoms with Gasteiger partial charge in [0.15, 0.2) is 0 Å². The van der Waals surface area contributed by atoms with Gasteiger partial charge in [-0.25, -0.2) is 0 Å². The van der Waals surface area contributed by atoms with Gasteiger partial charge in [-0.1, -0.05) is 29.8 Å². The van der Waals surface area contributed by atoms with E-state index in [9.17, 15) is 4.79 Å². The molecular weight excluding hydrogens is 232 g/mol. The lowest BCUT2D eigenvalue weighted by molar-refractivity contribution is -0.169. The van der Waals surface area contributed by atoms with Crippen LogP contribution < -0.4 is 0 Å². The summed E-state index contributed by atoms with van der Waals surface area (Å²) in [6.07, 6.45) is 3.88. The molecular formula is C10H17BrO2. The zero-order chi connectivity index (χ0) is 9.90. The number of alkyl halides is 1. The topological polar surface area (TPSA) is 26.3 Å². The molecule has 0 bridgehead atoms. The van der Waals surface area contributed by atoms with Gasteiger partial charge in [0.1, 0.15) is 6.10 Å². The van der Waals surface area contributed by atoms with Gasteiger partial charge in [0.25, 0.3) is 0 Å². The summed E-state index contributed by atoms with van der Waals surface area (Å²) in [6.45, 7) is 4.14. The van der Waals surface area contributed by atoms with Crippen LogP contribution in [0.3, 0.4) is 0 Å². The first-order chi connectivity index (χ1) is 6.18. The zero-order valence-corrected chi connectivity index (χ0v) is 9.89. The molecule has 1 rings (SSSR count). The average Bonchev–Trinajstić information content (AvgIpc) is 2.18. The molecule has 1 atom stereocenters. The fourth-order valence-corrected chi connectivity index (χ4v) is 2.33. The molecule has 0 spiro atoms. The van der Waals surface area contributed by atoms with E-state index in [-0.39, 0.29) is 17.5 Å². The molecule has 0 radical (unpaired) electrons. The van der Waals surface area contributed by atoms with Gasteiger partial charge < -0.3 is 4.74 Å². The highest BCUT2D eigenvalue weighted by atomic mass is 79.9. The summed E-state index contributed by atoms with van der Waals surface area (Å²) in [5.74, 6) is 0.00759. The molecule has 1 aliphatic rings. The molecule has 76 valence electrons. The summed E-state index contributed by atoms with van der Waals surface area (Å²) in [7, 11) is 0. The number of carbonyl (C=O) groups is 1. The van der Waals surface area contributed by atoms with Crippen molar-refractivity contribution < 1.29 is 9.53 Å². The van der Waals surface area contributed by atoms with Gasteiger partial charge in [-0.05, 0) is 25.7 Å². The number of cyclic esters (lactones) is 1. The van der Waals surface area contributed by atoms with Gasteiger partial charge in [0.05, 0.1) is 5.41 Å². The first kappa shape index (κ1) is 11.0. The number of esters is 1. The summed E-state index contributed by atoms with van der Waals surface area (Å²) in [5.41, 5.74) is -0.182. The number of halogens is 1. The maximum Gasteiger partial charge on any atom is 0.312 e. The van der Waals surface area contributed by atoms with Crippen LogP contribution in [-0.4, -0.2) is 17.4 Å². The first-order valence-corrected chi connectivity index (χ1v) is 6.07. The van der Waals surface area contributed by atoms with Crippen molar-refractivity contribution in [3.8, 4) is 0 Å². The summed E-state index contributed by atoms with van der Waals surface area (Å²) in [6, 6.07) is 0. The number of hydrogen-bond acceptors (Lipinski definition) is 2. The van der Waals surface area contributed by atoms with Crippen molar-refractivity contribution >= 4 is 21.9 Å². The van der Waals surface area contributed by atoms with E-state index in [2.05, 4.69) is 29.8 Å². The zero-order valence-electron chi connectivity index (χ0n) is 8.31. The quantitative estimate of drug-likeness (QED) is 0.567. The molecule has 0 aliphatic carbocycles. The third-order valence-electron chi connectivity index (χ3n) is 3.18. The van der Waals surface area contributed by atoms with Gasteiger partial charge in [-0.2, -0.15) is 0 Å². The van der Waals surface area contributed by atoms with E-state index in [1.54, 1.807) is 0 Å². The second kappa shape index (κ2) is 4.45. The van der Waals surface area contributed by atoms with E-state index in [4.69, 9.17) is 4.74 Å². The van der Waals surface area contributed by atoms with Gasteiger partial charge >= 0.3 is 5.97 Å². The monoisotopic (exact) mass is 248 g/mol. The van der Waals surface area contributed by atoms with Crippen molar-refractivity contribution in [1.29, 1.82) is 0 Å². The largest absolute Gasteiger partial charge is 0.461 e. The Kier molecular flexibility index (Phi) is 3.77. The smallest absolute Gasteiger partial charge is 0.312 e. The summed E-state index contributed by atoms with van der Waals surface area (Å²) in [5, 5.41) is 0.766. The molecule has 3 heteroatoms. The van der Waals surface area contributed by atoms with Crippen LogP contribution >= 0.6 is 15.9 Å². The van der Waals surface area contributed by atoms with Crippen LogP contribution in [0.25, 0.3) is 0 Å². The highest BCUT2D eigenvalue weighted by Crippen LogP contribution is 2.38. The second-order valence-corrected chi connectivity index (χ2v) is 4.36. The van der Waals surface area contributed by atoms with Gasteiger partial charge in [0.2, 0.25) is 0 Å². The number of rotatable bonds is 3. The maximum atomic E-state index is 11.7. The lowest BCUT2D eigenvalue weighted by Crippen LogP contribution is -2.40. The van der Waals surface area contributed by atoms with Gasteiger partial charge in [0, 0.05) is 5.33 Å². The molecule has 0 N–H and O–H groups in total. The third-order valence-corrected chi connectivity index (χ3v) is 3.90. The van der Waals surface area contributed by atoms with Gasteiger partial charge in [-0.3, -0.25) is 4.79 Å². The highest BCUT2D eigenvalue weighted by Gasteiger charge is 2.41. The van der Waals surface area contributed by atoms with Crippen molar-refractivity contribution in [2.45, 2.75) is 45.6 Å². The maximum absolute atomic E-state index is 11.7. The van der Waals surface area contributed by atoms with Crippen LogP contribution in [0.1, 0.15) is 39.5 Å². The molecule has 13 heavy (non-hydrogen) atoms. The molecule has 2 nitrogen and oxygen atoms in total. The number of ether oxygens (including phenoxy) is 1. The minimum atomic E-state index is -0.182. The van der Waals surface area contributed by atoms with Crippen LogP contribution in [-0.2, 0) is 9.53 Å². The summed E-state index contributed by atoms with van der Waals surface area (Å²) < 4.78 is 5.35. The standard InChI is InChI=1S/C10H17BrO2/c1-3-10(4-2)6-5-8(7-11)13-9(10)12/h8H,3-7H2,1-2H3/t8-/m1/s1. The minimum absolute atomic E-state index is 0.00759. The van der Waals surface area contributed by atoms with Crippen molar-refractivity contribution in [2.24, 2.45) is 5.41 Å². The number of hydrogen-bond donors (Lipinski definition) is 0. The summed E-state index contributed by atoms with van der Waals surface area (Å²) in [4.78, 5) is 11.7. The van der Waals surface area contributed by atoms with Crippen LogP contribution in [0.5, 0.6) is 0 Å². The normalized spacial score (nSPS) is 27.0. The van der Waals surface area contributed by atoms with Crippen LogP contribution in [0.15, 0.2) is 0 Å². The van der Waals surface area contributed by atoms with E-state index in [1.165, 1.54) is 0 Å². The molecule has 0 saturated carbocycles. The minimum Gasteiger partial charge on any atom is -0.461 e. The lowest BCUT2D eigenvalue weighted by Gasteiger charge is -2.36. The van der Waals surface area contributed by atoms with E-state index in [0.717, 1.165) is 31.0 Å². The van der Waals surface area contributed by atoms with E-state index in [0.29, 0.717) is 0 Å². The Morgan fingerprint density at radius 1 is 1.54 bits per heavy atom. The Morgan fingerprint density at radius 2 is 2.15 bits per heavy atom. The molecule has 1 saturated heterocycles. The molecule has 0 unspecified atom stereocenters. The Hall–Kier alpha value is -0.0500. The predicted molar refractivity (Wildman–Crippen MR) is 55.9 cm³/mol. The average molecular weight is 249 g/mol. The Labute approximate surface area is 88.2 Å². The molecule has 0 amide bonds. The fraction of sp³-hybridized carbons (Fsp3) is 0.900. The van der Waals surface area contributed by atoms with E-state index < -0.39 is 0 Å². The van der Waals surface area contributed by atoms with Crippen molar-refractivity contribution in [2.75, 3.05) is 5.33 Å². The second-order valence-electron chi connectivity index (χ2n) is 3.71. The molecule has 0 aromatic carbocycles. The molecule has 1 aliphatic heterocycles. The van der Waals surface area contributed by atoms with E-state index >= 15 is 0 Å². The fourth-order valence-electron chi connectivity index (χ4n) is 1.88. The Morgan fingerprint density at radius 3 is 2.54 bits per heavy atom. The van der Waals surface area contributed by atoms with Crippen LogP contribution in [0, 0.1) is 5.41 Å². The molecule has 0 aromatic heterocycles. The Bertz CT molecular complexity index is 187. The van der Waals surface area contributed by atoms with Crippen molar-refractivity contribution in [3.05, 3.63) is 0 Å². The Balaban J connectivity index is 2.66. The number of carbonyl (C=O) groups excluding carboxylic acids is 1. The molecule has 1 fully saturated rings. The molecule has 0 aromatic rings.